The summed E-state index contributed by atoms with van der Waals surface area (Å²) < 4.78 is 5.60. The molecule has 0 aliphatic heterocycles. The van der Waals surface area contributed by atoms with Crippen LogP contribution in [0.15, 0.2) is 12.1 Å². The average Bonchev–Trinajstić information content (AvgIpc) is 2.23. The lowest BCUT2D eigenvalue weighted by atomic mass is 9.98. The van der Waals surface area contributed by atoms with Crippen LogP contribution in [-0.2, 0) is 0 Å². The first-order valence-corrected chi connectivity index (χ1v) is 5.54. The maximum absolute atomic E-state index is 8.87. The number of ether oxygens (including phenoxy) is 1. The SMILES string of the molecule is Cc1cc(OCC(C)(C)C#N)cc(C)c1Cl. The van der Waals surface area contributed by atoms with Crippen molar-refractivity contribution >= 4 is 11.6 Å². The molecule has 0 unspecified atom stereocenters. The van der Waals surface area contributed by atoms with E-state index >= 15 is 0 Å². The van der Waals surface area contributed by atoms with Gasteiger partial charge in [-0.15, -0.1) is 0 Å². The number of nitriles is 1. The monoisotopic (exact) mass is 237 g/mol. The smallest absolute Gasteiger partial charge is 0.120 e. The van der Waals surface area contributed by atoms with Crippen molar-refractivity contribution < 1.29 is 4.74 Å². The fourth-order valence-electron chi connectivity index (χ4n) is 1.29. The third-order valence-corrected chi connectivity index (χ3v) is 2.91. The van der Waals surface area contributed by atoms with Gasteiger partial charge in [-0.25, -0.2) is 0 Å². The molecule has 0 saturated carbocycles. The van der Waals surface area contributed by atoms with E-state index in [9.17, 15) is 0 Å². The number of halogens is 1. The number of rotatable bonds is 3. The zero-order chi connectivity index (χ0) is 12.3. The first-order chi connectivity index (χ1) is 7.35. The Balaban J connectivity index is 2.81. The van der Waals surface area contributed by atoms with Crippen LogP contribution in [0.1, 0.15) is 25.0 Å². The molecule has 0 bridgehead atoms. The van der Waals surface area contributed by atoms with Crippen molar-refractivity contribution in [2.75, 3.05) is 6.61 Å². The molecule has 1 rings (SSSR count). The van der Waals surface area contributed by atoms with Gasteiger partial charge in [0.1, 0.15) is 12.4 Å². The van der Waals surface area contributed by atoms with Crippen molar-refractivity contribution in [2.24, 2.45) is 5.41 Å². The number of aryl methyl sites for hydroxylation is 2. The second-order valence-corrected chi connectivity index (χ2v) is 5.03. The molecule has 0 aliphatic carbocycles. The Bertz CT molecular complexity index is 409. The first-order valence-electron chi connectivity index (χ1n) is 5.16. The molecule has 3 heteroatoms. The van der Waals surface area contributed by atoms with Gasteiger partial charge in [-0.05, 0) is 51.0 Å². The number of hydrogen-bond donors (Lipinski definition) is 0. The molecule has 2 nitrogen and oxygen atoms in total. The van der Waals surface area contributed by atoms with Gasteiger partial charge in [0, 0.05) is 5.02 Å². The Hall–Kier alpha value is -1.20. The van der Waals surface area contributed by atoms with Crippen molar-refractivity contribution in [1.82, 2.24) is 0 Å². The molecule has 0 fully saturated rings. The second kappa shape index (κ2) is 4.76. The largest absolute Gasteiger partial charge is 0.492 e. The summed E-state index contributed by atoms with van der Waals surface area (Å²) in [6.07, 6.45) is 0. The van der Waals surface area contributed by atoms with Gasteiger partial charge < -0.3 is 4.74 Å². The van der Waals surface area contributed by atoms with Crippen LogP contribution in [0.5, 0.6) is 5.75 Å². The fraction of sp³-hybridized carbons (Fsp3) is 0.462. The minimum absolute atomic E-state index is 0.379. The van der Waals surface area contributed by atoms with E-state index in [1.807, 2.05) is 39.8 Å². The summed E-state index contributed by atoms with van der Waals surface area (Å²) in [6, 6.07) is 5.98. The summed E-state index contributed by atoms with van der Waals surface area (Å²) in [5.74, 6) is 0.766. The van der Waals surface area contributed by atoms with E-state index in [-0.39, 0.29) is 0 Å². The topological polar surface area (TPSA) is 33.0 Å². The summed E-state index contributed by atoms with van der Waals surface area (Å²) >= 11 is 6.06. The molecule has 0 saturated heterocycles. The molecule has 0 heterocycles. The molecule has 16 heavy (non-hydrogen) atoms. The standard InChI is InChI=1S/C13H16ClNO/c1-9-5-11(6-10(2)12(9)14)16-8-13(3,4)7-15/h5-6H,8H2,1-4H3. The molecule has 0 N–H and O–H groups in total. The highest BCUT2D eigenvalue weighted by Gasteiger charge is 2.17. The Morgan fingerprint density at radius 3 is 2.25 bits per heavy atom. The highest BCUT2D eigenvalue weighted by molar-refractivity contribution is 6.32. The number of hydrogen-bond acceptors (Lipinski definition) is 2. The third-order valence-electron chi connectivity index (χ3n) is 2.31. The van der Waals surface area contributed by atoms with Gasteiger partial charge in [0.2, 0.25) is 0 Å². The van der Waals surface area contributed by atoms with E-state index in [1.54, 1.807) is 0 Å². The summed E-state index contributed by atoms with van der Waals surface area (Å²) in [6.45, 7) is 7.96. The van der Waals surface area contributed by atoms with E-state index < -0.39 is 5.41 Å². The molecule has 0 radical (unpaired) electrons. The molecule has 0 aliphatic rings. The maximum atomic E-state index is 8.87. The van der Waals surface area contributed by atoms with Gasteiger partial charge >= 0.3 is 0 Å². The lowest BCUT2D eigenvalue weighted by Crippen LogP contribution is -2.19. The average molecular weight is 238 g/mol. The summed E-state index contributed by atoms with van der Waals surface area (Å²) in [5, 5.41) is 9.64. The minimum atomic E-state index is -0.471. The number of nitrogens with zero attached hydrogens (tertiary/aromatic N) is 1. The van der Waals surface area contributed by atoms with Crippen LogP contribution in [0.2, 0.25) is 5.02 Å². The highest BCUT2D eigenvalue weighted by Crippen LogP contribution is 2.27. The van der Waals surface area contributed by atoms with Gasteiger partial charge in [0.15, 0.2) is 0 Å². The Labute approximate surface area is 102 Å². The van der Waals surface area contributed by atoms with Crippen LogP contribution >= 0.6 is 11.6 Å². The van der Waals surface area contributed by atoms with E-state index in [4.69, 9.17) is 21.6 Å². The van der Waals surface area contributed by atoms with E-state index in [2.05, 4.69) is 6.07 Å². The van der Waals surface area contributed by atoms with E-state index in [1.165, 1.54) is 0 Å². The van der Waals surface area contributed by atoms with Crippen LogP contribution in [-0.4, -0.2) is 6.61 Å². The van der Waals surface area contributed by atoms with Gasteiger partial charge in [-0.2, -0.15) is 5.26 Å². The van der Waals surface area contributed by atoms with Gasteiger partial charge in [-0.3, -0.25) is 0 Å². The summed E-state index contributed by atoms with van der Waals surface area (Å²) in [7, 11) is 0. The highest BCUT2D eigenvalue weighted by atomic mass is 35.5. The van der Waals surface area contributed by atoms with Crippen LogP contribution < -0.4 is 4.74 Å². The predicted octanol–water partition coefficient (Wildman–Crippen LogP) is 3.89. The molecular weight excluding hydrogens is 222 g/mol. The molecular formula is C13H16ClNO. The molecule has 0 atom stereocenters. The maximum Gasteiger partial charge on any atom is 0.120 e. The molecule has 86 valence electrons. The van der Waals surface area contributed by atoms with Gasteiger partial charge in [0.05, 0.1) is 11.5 Å². The first kappa shape index (κ1) is 12.9. The van der Waals surface area contributed by atoms with Crippen molar-refractivity contribution in [3.05, 3.63) is 28.3 Å². The Morgan fingerprint density at radius 1 is 1.31 bits per heavy atom. The van der Waals surface area contributed by atoms with Crippen molar-refractivity contribution in [3.63, 3.8) is 0 Å². The molecule has 0 aromatic heterocycles. The fourth-order valence-corrected chi connectivity index (χ4v) is 1.39. The Kier molecular flexibility index (Phi) is 3.83. The van der Waals surface area contributed by atoms with Crippen LogP contribution in [0.25, 0.3) is 0 Å². The zero-order valence-corrected chi connectivity index (χ0v) is 10.9. The van der Waals surface area contributed by atoms with Crippen LogP contribution in [0.3, 0.4) is 0 Å². The van der Waals surface area contributed by atoms with Gasteiger partial charge in [0.25, 0.3) is 0 Å². The molecule has 0 amide bonds. The predicted molar refractivity (Wildman–Crippen MR) is 65.8 cm³/mol. The van der Waals surface area contributed by atoms with Crippen molar-refractivity contribution in [2.45, 2.75) is 27.7 Å². The second-order valence-electron chi connectivity index (χ2n) is 4.66. The quantitative estimate of drug-likeness (QED) is 0.799. The number of benzene rings is 1. The van der Waals surface area contributed by atoms with E-state index in [0.717, 1.165) is 21.9 Å². The lowest BCUT2D eigenvalue weighted by Gasteiger charge is -2.17. The third kappa shape index (κ3) is 3.15. The van der Waals surface area contributed by atoms with Crippen LogP contribution in [0.4, 0.5) is 0 Å². The Morgan fingerprint density at radius 2 is 1.81 bits per heavy atom. The molecule has 0 spiro atoms. The van der Waals surface area contributed by atoms with E-state index in [0.29, 0.717) is 6.61 Å². The summed E-state index contributed by atoms with van der Waals surface area (Å²) in [5.41, 5.74) is 1.51. The zero-order valence-electron chi connectivity index (χ0n) is 10.1. The minimum Gasteiger partial charge on any atom is -0.492 e. The molecule has 1 aromatic rings. The van der Waals surface area contributed by atoms with Crippen molar-refractivity contribution in [1.29, 1.82) is 5.26 Å². The summed E-state index contributed by atoms with van der Waals surface area (Å²) in [4.78, 5) is 0. The van der Waals surface area contributed by atoms with Gasteiger partial charge in [-0.1, -0.05) is 11.6 Å². The van der Waals surface area contributed by atoms with Crippen LogP contribution in [0, 0.1) is 30.6 Å². The molecule has 1 aromatic carbocycles. The normalized spacial score (nSPS) is 11.0. The van der Waals surface area contributed by atoms with Crippen molar-refractivity contribution in [3.8, 4) is 11.8 Å². The lowest BCUT2D eigenvalue weighted by molar-refractivity contribution is 0.227.